The van der Waals surface area contributed by atoms with Gasteiger partial charge < -0.3 is 10.6 Å². The summed E-state index contributed by atoms with van der Waals surface area (Å²) in [5.74, 6) is -0.373. The SMILES string of the molecule is CNC(=O)c1ccc(CNC(=O)c2cnn(-c3cccc(Cl)c3)c2)cc1. The van der Waals surface area contributed by atoms with Gasteiger partial charge in [0.05, 0.1) is 17.4 Å². The van der Waals surface area contributed by atoms with Gasteiger partial charge in [-0.15, -0.1) is 0 Å². The lowest BCUT2D eigenvalue weighted by atomic mass is 10.1. The zero-order chi connectivity index (χ0) is 18.5. The maximum absolute atomic E-state index is 12.3. The van der Waals surface area contributed by atoms with Crippen LogP contribution >= 0.6 is 11.6 Å². The van der Waals surface area contributed by atoms with E-state index in [1.165, 1.54) is 6.20 Å². The van der Waals surface area contributed by atoms with Gasteiger partial charge in [0.15, 0.2) is 0 Å². The minimum atomic E-state index is -0.228. The van der Waals surface area contributed by atoms with E-state index in [0.29, 0.717) is 22.7 Å². The van der Waals surface area contributed by atoms with Crippen molar-refractivity contribution in [3.63, 3.8) is 0 Å². The van der Waals surface area contributed by atoms with Gasteiger partial charge in [-0.25, -0.2) is 4.68 Å². The number of carbonyl (C=O) groups is 2. The monoisotopic (exact) mass is 368 g/mol. The van der Waals surface area contributed by atoms with Crippen LogP contribution in [-0.2, 0) is 6.54 Å². The van der Waals surface area contributed by atoms with Crippen LogP contribution in [0.5, 0.6) is 0 Å². The number of halogens is 1. The fourth-order valence-corrected chi connectivity index (χ4v) is 2.59. The van der Waals surface area contributed by atoms with Crippen LogP contribution < -0.4 is 10.6 Å². The maximum Gasteiger partial charge on any atom is 0.254 e. The Morgan fingerprint density at radius 2 is 1.85 bits per heavy atom. The molecular formula is C19H17ClN4O2. The van der Waals surface area contributed by atoms with Gasteiger partial charge in [0.25, 0.3) is 11.8 Å². The summed E-state index contributed by atoms with van der Waals surface area (Å²) >= 11 is 5.98. The summed E-state index contributed by atoms with van der Waals surface area (Å²) in [6.07, 6.45) is 3.15. The topological polar surface area (TPSA) is 76.0 Å². The number of hydrogen-bond acceptors (Lipinski definition) is 3. The molecule has 0 radical (unpaired) electrons. The predicted molar refractivity (Wildman–Crippen MR) is 99.6 cm³/mol. The van der Waals surface area contributed by atoms with Crippen molar-refractivity contribution < 1.29 is 9.59 Å². The number of benzene rings is 2. The molecule has 3 aromatic rings. The molecule has 2 amide bonds. The molecule has 0 bridgehead atoms. The van der Waals surface area contributed by atoms with Gasteiger partial charge in [-0.3, -0.25) is 9.59 Å². The molecule has 0 aliphatic heterocycles. The third-order valence-corrected chi connectivity index (χ3v) is 4.05. The average molecular weight is 369 g/mol. The minimum Gasteiger partial charge on any atom is -0.355 e. The first kappa shape index (κ1) is 17.7. The molecule has 0 fully saturated rings. The fourth-order valence-electron chi connectivity index (χ4n) is 2.40. The summed E-state index contributed by atoms with van der Waals surface area (Å²) in [5.41, 5.74) is 2.70. The van der Waals surface area contributed by atoms with E-state index in [1.54, 1.807) is 54.3 Å². The first-order chi connectivity index (χ1) is 12.6. The van der Waals surface area contributed by atoms with Crippen LogP contribution in [0, 0.1) is 0 Å². The van der Waals surface area contributed by atoms with Crippen molar-refractivity contribution in [2.75, 3.05) is 7.05 Å². The van der Waals surface area contributed by atoms with E-state index in [0.717, 1.165) is 11.3 Å². The quantitative estimate of drug-likeness (QED) is 0.727. The number of nitrogens with zero attached hydrogens (tertiary/aromatic N) is 2. The highest BCUT2D eigenvalue weighted by Crippen LogP contribution is 2.14. The van der Waals surface area contributed by atoms with Crippen molar-refractivity contribution in [3.05, 3.63) is 82.6 Å². The Bertz CT molecular complexity index is 935. The van der Waals surface area contributed by atoms with E-state index in [-0.39, 0.29) is 11.8 Å². The molecule has 2 aromatic carbocycles. The molecule has 26 heavy (non-hydrogen) atoms. The van der Waals surface area contributed by atoms with Gasteiger partial charge in [0.1, 0.15) is 0 Å². The Labute approximate surface area is 155 Å². The summed E-state index contributed by atoms with van der Waals surface area (Å²) in [6.45, 7) is 0.356. The smallest absolute Gasteiger partial charge is 0.254 e. The third kappa shape index (κ3) is 4.10. The molecule has 2 N–H and O–H groups in total. The lowest BCUT2D eigenvalue weighted by molar-refractivity contribution is 0.0946. The molecule has 0 saturated heterocycles. The minimum absolute atomic E-state index is 0.144. The van der Waals surface area contributed by atoms with Gasteiger partial charge in [0.2, 0.25) is 0 Å². The van der Waals surface area contributed by atoms with E-state index in [9.17, 15) is 9.59 Å². The molecule has 1 aromatic heterocycles. The Morgan fingerprint density at radius 1 is 1.08 bits per heavy atom. The summed E-state index contributed by atoms with van der Waals surface area (Å²) in [4.78, 5) is 23.8. The zero-order valence-electron chi connectivity index (χ0n) is 14.1. The molecule has 0 saturated carbocycles. The van der Waals surface area contributed by atoms with Crippen LogP contribution in [0.15, 0.2) is 60.9 Å². The van der Waals surface area contributed by atoms with Crippen LogP contribution in [0.1, 0.15) is 26.3 Å². The lowest BCUT2D eigenvalue weighted by Crippen LogP contribution is -2.22. The first-order valence-electron chi connectivity index (χ1n) is 7.96. The number of nitrogens with one attached hydrogen (secondary N) is 2. The van der Waals surface area contributed by atoms with E-state index >= 15 is 0 Å². The molecule has 7 heteroatoms. The molecular weight excluding hydrogens is 352 g/mol. The molecule has 3 rings (SSSR count). The molecule has 0 unspecified atom stereocenters. The van der Waals surface area contributed by atoms with Crippen molar-refractivity contribution >= 4 is 23.4 Å². The van der Waals surface area contributed by atoms with Crippen molar-refractivity contribution in [2.45, 2.75) is 6.54 Å². The highest BCUT2D eigenvalue weighted by molar-refractivity contribution is 6.30. The average Bonchev–Trinajstić information content (AvgIpc) is 3.16. The van der Waals surface area contributed by atoms with Gasteiger partial charge in [-0.05, 0) is 35.9 Å². The van der Waals surface area contributed by atoms with Crippen LogP contribution in [0.2, 0.25) is 5.02 Å². The molecule has 1 heterocycles. The molecule has 0 aliphatic carbocycles. The second-order valence-corrected chi connectivity index (χ2v) is 6.05. The Kier molecular flexibility index (Phi) is 5.34. The van der Waals surface area contributed by atoms with Gasteiger partial charge in [-0.2, -0.15) is 5.10 Å². The van der Waals surface area contributed by atoms with Crippen LogP contribution in [0.25, 0.3) is 5.69 Å². The van der Waals surface area contributed by atoms with Crippen molar-refractivity contribution in [2.24, 2.45) is 0 Å². The molecule has 6 nitrogen and oxygen atoms in total. The van der Waals surface area contributed by atoms with Gasteiger partial charge in [-0.1, -0.05) is 29.8 Å². The lowest BCUT2D eigenvalue weighted by Gasteiger charge is -2.05. The van der Waals surface area contributed by atoms with E-state index < -0.39 is 0 Å². The van der Waals surface area contributed by atoms with Crippen molar-refractivity contribution in [3.8, 4) is 5.69 Å². The van der Waals surface area contributed by atoms with Crippen molar-refractivity contribution in [1.29, 1.82) is 0 Å². The van der Waals surface area contributed by atoms with E-state index in [4.69, 9.17) is 11.6 Å². The summed E-state index contributed by atoms with van der Waals surface area (Å²) in [7, 11) is 1.58. The Morgan fingerprint density at radius 3 is 2.54 bits per heavy atom. The largest absolute Gasteiger partial charge is 0.355 e. The van der Waals surface area contributed by atoms with Crippen molar-refractivity contribution in [1.82, 2.24) is 20.4 Å². The van der Waals surface area contributed by atoms with Crippen LogP contribution in [0.4, 0.5) is 0 Å². The van der Waals surface area contributed by atoms with E-state index in [1.807, 2.05) is 12.1 Å². The van der Waals surface area contributed by atoms with Crippen LogP contribution in [0.3, 0.4) is 0 Å². The number of carbonyl (C=O) groups excluding carboxylic acids is 2. The number of aromatic nitrogens is 2. The van der Waals surface area contributed by atoms with E-state index in [2.05, 4.69) is 15.7 Å². The number of hydrogen-bond donors (Lipinski definition) is 2. The second kappa shape index (κ2) is 7.84. The standard InChI is InChI=1S/C19H17ClN4O2/c1-21-18(25)14-7-5-13(6-8-14)10-22-19(26)15-11-23-24(12-15)17-4-2-3-16(20)9-17/h2-9,11-12H,10H2,1H3,(H,21,25)(H,22,26). The fraction of sp³-hybridized carbons (Fsp3) is 0.105. The number of rotatable bonds is 5. The summed E-state index contributed by atoms with van der Waals surface area (Å²) < 4.78 is 1.60. The Balaban J connectivity index is 1.63. The van der Waals surface area contributed by atoms with Gasteiger partial charge >= 0.3 is 0 Å². The number of amides is 2. The first-order valence-corrected chi connectivity index (χ1v) is 8.34. The highest BCUT2D eigenvalue weighted by atomic mass is 35.5. The molecule has 0 atom stereocenters. The van der Waals surface area contributed by atoms with Gasteiger partial charge in [0, 0.05) is 30.4 Å². The summed E-state index contributed by atoms with van der Waals surface area (Å²) in [5, 5.41) is 10.2. The summed E-state index contributed by atoms with van der Waals surface area (Å²) in [6, 6.07) is 14.3. The molecule has 132 valence electrons. The Hall–Kier alpha value is -3.12. The van der Waals surface area contributed by atoms with Crippen LogP contribution in [-0.4, -0.2) is 28.6 Å². The zero-order valence-corrected chi connectivity index (χ0v) is 14.8. The maximum atomic E-state index is 12.3. The highest BCUT2D eigenvalue weighted by Gasteiger charge is 2.10. The molecule has 0 aliphatic rings. The second-order valence-electron chi connectivity index (χ2n) is 5.61. The molecule has 0 spiro atoms. The normalized spacial score (nSPS) is 10.4. The predicted octanol–water partition coefficient (Wildman–Crippen LogP) is 2.82. The third-order valence-electron chi connectivity index (χ3n) is 3.81.